The Morgan fingerprint density at radius 3 is 2.40 bits per heavy atom. The largest absolute Gasteiger partial charge is 0.497 e. The molecule has 5 heteroatoms. The monoisotopic (exact) mass is 344 g/mol. The van der Waals surface area contributed by atoms with Crippen LogP contribution in [-0.2, 0) is 4.79 Å². The number of hydrogen-bond acceptors (Lipinski definition) is 4. The summed E-state index contributed by atoms with van der Waals surface area (Å²) in [6.45, 7) is 3.79. The maximum Gasteiger partial charge on any atom is 0.226 e. The summed E-state index contributed by atoms with van der Waals surface area (Å²) in [7, 11) is 1.66. The minimum absolute atomic E-state index is 0.199. The molecule has 0 bridgehead atoms. The fourth-order valence-corrected chi connectivity index (χ4v) is 4.44. The van der Waals surface area contributed by atoms with Gasteiger partial charge in [-0.1, -0.05) is 0 Å². The predicted molar refractivity (Wildman–Crippen MR) is 95.9 cm³/mol. The van der Waals surface area contributed by atoms with Gasteiger partial charge in [0, 0.05) is 31.8 Å². The van der Waals surface area contributed by atoms with Gasteiger partial charge in [-0.3, -0.25) is 4.79 Å². The summed E-state index contributed by atoms with van der Waals surface area (Å²) in [5.74, 6) is 2.39. The number of carbonyl (C=O) groups excluding carboxylic acids is 1. The number of methoxy groups -OCH3 is 1. The molecule has 2 aliphatic heterocycles. The predicted octanol–water partition coefficient (Wildman–Crippen LogP) is 2.45. The molecule has 3 fully saturated rings. The number of benzene rings is 1. The van der Waals surface area contributed by atoms with E-state index in [0.717, 1.165) is 56.9 Å². The molecule has 1 aromatic rings. The maximum absolute atomic E-state index is 12.8. The van der Waals surface area contributed by atoms with Crippen molar-refractivity contribution in [3.8, 4) is 11.5 Å². The van der Waals surface area contributed by atoms with Crippen molar-refractivity contribution < 1.29 is 14.3 Å². The molecule has 2 heterocycles. The van der Waals surface area contributed by atoms with E-state index in [1.165, 1.54) is 12.8 Å². The standard InChI is InChI=1S/C20H28N2O3/c1-24-15-2-4-16(5-3-15)25-17-6-12-22(13-7-17)19(23)18-14-20(18)8-10-21-11-9-20/h2-5,17-18,21H,6-14H2,1H3/t18-/m0/s1. The Morgan fingerprint density at radius 2 is 1.76 bits per heavy atom. The second-order valence-electron chi connectivity index (χ2n) is 7.69. The van der Waals surface area contributed by atoms with Crippen LogP contribution in [0.25, 0.3) is 0 Å². The molecule has 2 saturated heterocycles. The third-order valence-corrected chi connectivity index (χ3v) is 6.20. The van der Waals surface area contributed by atoms with Crippen molar-refractivity contribution in [3.05, 3.63) is 24.3 Å². The smallest absolute Gasteiger partial charge is 0.226 e. The molecule has 4 rings (SSSR count). The van der Waals surface area contributed by atoms with Crippen LogP contribution in [0.5, 0.6) is 11.5 Å². The van der Waals surface area contributed by atoms with Gasteiger partial charge in [0.05, 0.1) is 7.11 Å². The van der Waals surface area contributed by atoms with Crippen LogP contribution in [0, 0.1) is 11.3 Å². The van der Waals surface area contributed by atoms with Gasteiger partial charge in [-0.25, -0.2) is 0 Å². The van der Waals surface area contributed by atoms with Crippen molar-refractivity contribution in [1.29, 1.82) is 0 Å². The van der Waals surface area contributed by atoms with Crippen molar-refractivity contribution in [1.82, 2.24) is 10.2 Å². The van der Waals surface area contributed by atoms with Crippen LogP contribution in [0.15, 0.2) is 24.3 Å². The molecule has 1 aliphatic carbocycles. The molecule has 1 aromatic carbocycles. The molecular weight excluding hydrogens is 316 g/mol. The summed E-state index contributed by atoms with van der Waals surface area (Å²) >= 11 is 0. The molecule has 1 saturated carbocycles. The fraction of sp³-hybridized carbons (Fsp3) is 0.650. The SMILES string of the molecule is COc1ccc(OC2CCN(C(=O)[C@@H]3CC34CCNCC4)CC2)cc1. The van der Waals surface area contributed by atoms with E-state index in [-0.39, 0.29) is 12.0 Å². The lowest BCUT2D eigenvalue weighted by molar-refractivity contribution is -0.135. The van der Waals surface area contributed by atoms with Gasteiger partial charge < -0.3 is 19.7 Å². The topological polar surface area (TPSA) is 50.8 Å². The molecule has 1 spiro atoms. The summed E-state index contributed by atoms with van der Waals surface area (Å²) < 4.78 is 11.2. The van der Waals surface area contributed by atoms with Crippen LogP contribution >= 0.6 is 0 Å². The minimum Gasteiger partial charge on any atom is -0.497 e. The highest BCUT2D eigenvalue weighted by atomic mass is 16.5. The summed E-state index contributed by atoms with van der Waals surface area (Å²) in [6.07, 6.45) is 5.47. The highest BCUT2D eigenvalue weighted by Gasteiger charge is 2.58. The van der Waals surface area contributed by atoms with E-state index in [0.29, 0.717) is 11.3 Å². The first-order valence-corrected chi connectivity index (χ1v) is 9.50. The van der Waals surface area contributed by atoms with Gasteiger partial charge in [-0.05, 0) is 62.0 Å². The van der Waals surface area contributed by atoms with Crippen molar-refractivity contribution in [2.45, 2.75) is 38.2 Å². The molecule has 5 nitrogen and oxygen atoms in total. The zero-order valence-corrected chi connectivity index (χ0v) is 15.0. The van der Waals surface area contributed by atoms with Crippen LogP contribution in [0.2, 0.25) is 0 Å². The number of nitrogens with zero attached hydrogens (tertiary/aromatic N) is 1. The van der Waals surface area contributed by atoms with E-state index < -0.39 is 0 Å². The number of piperidine rings is 2. The minimum atomic E-state index is 0.199. The summed E-state index contributed by atoms with van der Waals surface area (Å²) in [4.78, 5) is 14.9. The van der Waals surface area contributed by atoms with E-state index in [1.807, 2.05) is 24.3 Å². The van der Waals surface area contributed by atoms with Gasteiger partial charge in [0.25, 0.3) is 0 Å². The van der Waals surface area contributed by atoms with E-state index in [1.54, 1.807) is 7.11 Å². The number of rotatable bonds is 4. The van der Waals surface area contributed by atoms with E-state index in [9.17, 15) is 4.79 Å². The molecule has 0 radical (unpaired) electrons. The number of likely N-dealkylation sites (tertiary alicyclic amines) is 1. The van der Waals surface area contributed by atoms with Gasteiger partial charge in [0.15, 0.2) is 0 Å². The number of amides is 1. The number of hydrogen-bond donors (Lipinski definition) is 1. The molecule has 25 heavy (non-hydrogen) atoms. The Kier molecular flexibility index (Phi) is 4.59. The highest BCUT2D eigenvalue weighted by molar-refractivity contribution is 5.82. The first-order chi connectivity index (χ1) is 12.2. The third kappa shape index (κ3) is 3.47. The van der Waals surface area contributed by atoms with Crippen LogP contribution in [0.4, 0.5) is 0 Å². The normalized spacial score (nSPS) is 25.6. The van der Waals surface area contributed by atoms with E-state index in [4.69, 9.17) is 9.47 Å². The van der Waals surface area contributed by atoms with E-state index in [2.05, 4.69) is 10.2 Å². The fourth-order valence-electron chi connectivity index (χ4n) is 4.44. The third-order valence-electron chi connectivity index (χ3n) is 6.20. The van der Waals surface area contributed by atoms with Crippen molar-refractivity contribution in [2.75, 3.05) is 33.3 Å². The summed E-state index contributed by atoms with van der Waals surface area (Å²) in [5.41, 5.74) is 0.332. The molecular formula is C20H28N2O3. The van der Waals surface area contributed by atoms with Crippen LogP contribution < -0.4 is 14.8 Å². The van der Waals surface area contributed by atoms with Crippen LogP contribution in [0.1, 0.15) is 32.1 Å². The quantitative estimate of drug-likeness (QED) is 0.912. The molecule has 0 unspecified atom stereocenters. The lowest BCUT2D eigenvalue weighted by Crippen LogP contribution is -2.43. The van der Waals surface area contributed by atoms with Gasteiger partial charge in [0.1, 0.15) is 17.6 Å². The number of carbonyl (C=O) groups is 1. The Balaban J connectivity index is 1.26. The molecule has 1 atom stereocenters. The molecule has 136 valence electrons. The van der Waals surface area contributed by atoms with Crippen molar-refractivity contribution in [2.24, 2.45) is 11.3 Å². The Morgan fingerprint density at radius 1 is 1.12 bits per heavy atom. The van der Waals surface area contributed by atoms with Gasteiger partial charge >= 0.3 is 0 Å². The maximum atomic E-state index is 12.8. The summed E-state index contributed by atoms with van der Waals surface area (Å²) in [5, 5.41) is 3.41. The molecule has 0 aromatic heterocycles. The van der Waals surface area contributed by atoms with Crippen LogP contribution in [0.3, 0.4) is 0 Å². The Labute approximate surface area is 149 Å². The molecule has 1 N–H and O–H groups in total. The average Bonchev–Trinajstić information content (AvgIpc) is 3.35. The van der Waals surface area contributed by atoms with Gasteiger partial charge in [-0.15, -0.1) is 0 Å². The Hall–Kier alpha value is -1.75. The second-order valence-corrected chi connectivity index (χ2v) is 7.69. The number of nitrogens with one attached hydrogen (secondary N) is 1. The van der Waals surface area contributed by atoms with E-state index >= 15 is 0 Å². The number of ether oxygens (including phenoxy) is 2. The zero-order chi connectivity index (χ0) is 17.3. The second kappa shape index (κ2) is 6.87. The first kappa shape index (κ1) is 16.7. The molecule has 3 aliphatic rings. The van der Waals surface area contributed by atoms with Crippen molar-refractivity contribution >= 4 is 5.91 Å². The van der Waals surface area contributed by atoms with Crippen molar-refractivity contribution in [3.63, 3.8) is 0 Å². The highest BCUT2D eigenvalue weighted by Crippen LogP contribution is 2.59. The first-order valence-electron chi connectivity index (χ1n) is 9.50. The average molecular weight is 344 g/mol. The lowest BCUT2D eigenvalue weighted by atomic mass is 9.91. The lowest BCUT2D eigenvalue weighted by Gasteiger charge is -2.33. The zero-order valence-electron chi connectivity index (χ0n) is 15.0. The molecule has 1 amide bonds. The Bertz CT molecular complexity index is 602. The van der Waals surface area contributed by atoms with Gasteiger partial charge in [-0.2, -0.15) is 0 Å². The van der Waals surface area contributed by atoms with Crippen LogP contribution in [-0.4, -0.2) is 50.2 Å². The summed E-state index contributed by atoms with van der Waals surface area (Å²) in [6, 6.07) is 7.72. The van der Waals surface area contributed by atoms with Gasteiger partial charge in [0.2, 0.25) is 5.91 Å².